The van der Waals surface area contributed by atoms with E-state index in [1.807, 2.05) is 0 Å². The van der Waals surface area contributed by atoms with Gasteiger partial charge in [-0.05, 0) is 18.2 Å². The average Bonchev–Trinajstić information content (AvgIpc) is 2.93. The van der Waals surface area contributed by atoms with Crippen LogP contribution >= 0.6 is 11.6 Å². The van der Waals surface area contributed by atoms with E-state index >= 15 is 0 Å². The highest BCUT2D eigenvalue weighted by Gasteiger charge is 2.31. The van der Waals surface area contributed by atoms with Gasteiger partial charge in [0.15, 0.2) is 11.6 Å². The van der Waals surface area contributed by atoms with Crippen molar-refractivity contribution in [3.8, 4) is 0 Å². The molecule has 0 saturated carbocycles. The van der Waals surface area contributed by atoms with E-state index in [9.17, 15) is 9.18 Å². The average molecular weight is 376 g/mol. The van der Waals surface area contributed by atoms with E-state index in [1.165, 1.54) is 16.9 Å². The number of aromatic nitrogens is 4. The maximum absolute atomic E-state index is 13.9. The fourth-order valence-electron chi connectivity index (χ4n) is 3.02. The summed E-state index contributed by atoms with van der Waals surface area (Å²) in [4.78, 5) is 18.3. The summed E-state index contributed by atoms with van der Waals surface area (Å²) in [5, 5.41) is 11.0. The number of fused-ring (bicyclic) bond motifs is 1. The molecular formula is C16H15ClFN7O. The lowest BCUT2D eigenvalue weighted by atomic mass is 10.1. The van der Waals surface area contributed by atoms with E-state index in [0.29, 0.717) is 35.4 Å². The van der Waals surface area contributed by atoms with E-state index < -0.39 is 5.82 Å². The van der Waals surface area contributed by atoms with Crippen LogP contribution in [0.2, 0.25) is 5.02 Å². The summed E-state index contributed by atoms with van der Waals surface area (Å²) < 4.78 is 15.4. The predicted molar refractivity (Wildman–Crippen MR) is 95.6 cm³/mol. The number of amides is 1. The van der Waals surface area contributed by atoms with E-state index in [2.05, 4.69) is 20.6 Å². The quantitative estimate of drug-likeness (QED) is 0.670. The normalized spacial score (nSPS) is 14.5. The van der Waals surface area contributed by atoms with Crippen molar-refractivity contribution in [2.45, 2.75) is 6.04 Å². The van der Waals surface area contributed by atoms with Gasteiger partial charge in [-0.2, -0.15) is 0 Å². The van der Waals surface area contributed by atoms with Crippen molar-refractivity contribution >= 4 is 40.0 Å². The molecule has 1 aromatic carbocycles. The van der Waals surface area contributed by atoms with Crippen LogP contribution in [0.5, 0.6) is 0 Å². The Hall–Kier alpha value is -2.94. The second-order valence-corrected chi connectivity index (χ2v) is 6.58. The lowest BCUT2D eigenvalue weighted by Crippen LogP contribution is -2.60. The second kappa shape index (κ2) is 6.10. The Morgan fingerprint density at radius 2 is 2.19 bits per heavy atom. The van der Waals surface area contributed by atoms with Crippen LogP contribution in [-0.4, -0.2) is 45.0 Å². The first-order chi connectivity index (χ1) is 12.4. The molecule has 4 rings (SSSR count). The van der Waals surface area contributed by atoms with Gasteiger partial charge in [-0.3, -0.25) is 4.79 Å². The molecule has 3 heterocycles. The van der Waals surface area contributed by atoms with Gasteiger partial charge in [-0.25, -0.2) is 14.1 Å². The standard InChI is InChI=1S/C16H15ClFN7O/c1-24-14-12(22-23-24)3-2-10(13(14)19)16(26)21-9-6-25(7-9)15-11(18)4-8(17)5-20-15/h2-5,9H,6-7,19H2,1H3,(H,21,26). The van der Waals surface area contributed by atoms with Crippen LogP contribution in [0.4, 0.5) is 15.9 Å². The van der Waals surface area contributed by atoms with Crippen molar-refractivity contribution < 1.29 is 9.18 Å². The maximum Gasteiger partial charge on any atom is 0.253 e. The van der Waals surface area contributed by atoms with Crippen LogP contribution < -0.4 is 16.0 Å². The van der Waals surface area contributed by atoms with E-state index in [1.54, 1.807) is 24.1 Å². The molecule has 2 aromatic heterocycles. The fourth-order valence-corrected chi connectivity index (χ4v) is 3.17. The zero-order valence-electron chi connectivity index (χ0n) is 13.8. The summed E-state index contributed by atoms with van der Waals surface area (Å²) in [5.74, 6) is -0.553. The molecule has 8 nitrogen and oxygen atoms in total. The molecule has 134 valence electrons. The summed E-state index contributed by atoms with van der Waals surface area (Å²) in [7, 11) is 1.71. The minimum Gasteiger partial charge on any atom is -0.396 e. The Balaban J connectivity index is 1.45. The minimum absolute atomic E-state index is 0.126. The van der Waals surface area contributed by atoms with Crippen molar-refractivity contribution in [1.82, 2.24) is 25.3 Å². The summed E-state index contributed by atoms with van der Waals surface area (Å²) in [5.41, 5.74) is 8.03. The number of hydrogen-bond acceptors (Lipinski definition) is 6. The first kappa shape index (κ1) is 16.5. The molecule has 3 aromatic rings. The highest BCUT2D eigenvalue weighted by Crippen LogP contribution is 2.25. The van der Waals surface area contributed by atoms with Crippen molar-refractivity contribution in [1.29, 1.82) is 0 Å². The van der Waals surface area contributed by atoms with Crippen molar-refractivity contribution in [2.75, 3.05) is 23.7 Å². The minimum atomic E-state index is -0.485. The van der Waals surface area contributed by atoms with Gasteiger partial charge in [0.25, 0.3) is 5.91 Å². The summed E-state index contributed by atoms with van der Waals surface area (Å²) in [6, 6.07) is 4.42. The smallest absolute Gasteiger partial charge is 0.253 e. The van der Waals surface area contributed by atoms with Gasteiger partial charge in [-0.15, -0.1) is 5.10 Å². The topological polar surface area (TPSA) is 102 Å². The van der Waals surface area contributed by atoms with Crippen LogP contribution in [-0.2, 0) is 7.05 Å². The van der Waals surface area contributed by atoms with Crippen molar-refractivity contribution in [3.63, 3.8) is 0 Å². The largest absolute Gasteiger partial charge is 0.396 e. The van der Waals surface area contributed by atoms with Crippen LogP contribution in [0.25, 0.3) is 11.0 Å². The van der Waals surface area contributed by atoms with Crippen LogP contribution in [0, 0.1) is 5.82 Å². The number of hydrogen-bond donors (Lipinski definition) is 2. The highest BCUT2D eigenvalue weighted by molar-refractivity contribution is 6.30. The maximum atomic E-state index is 13.9. The van der Waals surface area contributed by atoms with Gasteiger partial charge in [0, 0.05) is 26.3 Å². The molecule has 0 spiro atoms. The molecule has 0 aliphatic carbocycles. The van der Waals surface area contributed by atoms with Gasteiger partial charge >= 0.3 is 0 Å². The lowest BCUT2D eigenvalue weighted by Gasteiger charge is -2.40. The SMILES string of the molecule is Cn1nnc2ccc(C(=O)NC3CN(c4ncc(Cl)cc4F)C3)c(N)c21. The molecule has 0 radical (unpaired) electrons. The van der Waals surface area contributed by atoms with Crippen molar-refractivity contribution in [3.05, 3.63) is 40.8 Å². The molecular weight excluding hydrogens is 361 g/mol. The third-order valence-electron chi connectivity index (χ3n) is 4.36. The third kappa shape index (κ3) is 2.70. The molecule has 26 heavy (non-hydrogen) atoms. The molecule has 0 atom stereocenters. The monoisotopic (exact) mass is 375 g/mol. The van der Waals surface area contributed by atoms with E-state index in [0.717, 1.165) is 0 Å². The number of carbonyl (C=O) groups is 1. The molecule has 3 N–H and O–H groups in total. The Labute approximate surface area is 152 Å². The molecule has 1 aliphatic heterocycles. The predicted octanol–water partition coefficient (Wildman–Crippen LogP) is 1.36. The lowest BCUT2D eigenvalue weighted by molar-refractivity contribution is 0.0931. The van der Waals surface area contributed by atoms with Gasteiger partial charge in [-0.1, -0.05) is 16.8 Å². The fraction of sp³-hybridized carbons (Fsp3) is 0.250. The third-order valence-corrected chi connectivity index (χ3v) is 4.56. The summed E-state index contributed by atoms with van der Waals surface area (Å²) in [6.07, 6.45) is 1.39. The number of aryl methyl sites for hydroxylation is 1. The van der Waals surface area contributed by atoms with Gasteiger partial charge in [0.05, 0.1) is 22.3 Å². The Morgan fingerprint density at radius 3 is 2.92 bits per heavy atom. The second-order valence-electron chi connectivity index (χ2n) is 6.14. The number of nitrogen functional groups attached to an aromatic ring is 1. The number of nitrogens with one attached hydrogen (secondary N) is 1. The number of anilines is 2. The number of nitrogens with two attached hydrogens (primary N) is 1. The van der Waals surface area contributed by atoms with Gasteiger partial charge in [0.1, 0.15) is 11.0 Å². The van der Waals surface area contributed by atoms with Crippen LogP contribution in [0.1, 0.15) is 10.4 Å². The number of halogens is 2. The van der Waals surface area contributed by atoms with Crippen LogP contribution in [0.15, 0.2) is 24.4 Å². The number of rotatable bonds is 3. The summed E-state index contributed by atoms with van der Waals surface area (Å²) in [6.45, 7) is 0.902. The zero-order valence-corrected chi connectivity index (χ0v) is 14.5. The van der Waals surface area contributed by atoms with Gasteiger partial charge < -0.3 is 16.0 Å². The van der Waals surface area contributed by atoms with Gasteiger partial charge in [0.2, 0.25) is 0 Å². The molecule has 0 unspecified atom stereocenters. The van der Waals surface area contributed by atoms with E-state index in [-0.39, 0.29) is 22.8 Å². The first-order valence-corrected chi connectivity index (χ1v) is 8.26. The Morgan fingerprint density at radius 1 is 1.42 bits per heavy atom. The molecule has 0 bridgehead atoms. The zero-order chi connectivity index (χ0) is 18.4. The molecule has 10 heteroatoms. The summed E-state index contributed by atoms with van der Waals surface area (Å²) >= 11 is 5.71. The molecule has 1 fully saturated rings. The first-order valence-electron chi connectivity index (χ1n) is 7.88. The Bertz CT molecular complexity index is 1020. The number of nitrogens with zero attached hydrogens (tertiary/aromatic N) is 5. The molecule has 1 saturated heterocycles. The number of pyridine rings is 1. The molecule has 1 aliphatic rings. The molecule has 1 amide bonds. The van der Waals surface area contributed by atoms with E-state index in [4.69, 9.17) is 17.3 Å². The highest BCUT2D eigenvalue weighted by atomic mass is 35.5. The van der Waals surface area contributed by atoms with Crippen molar-refractivity contribution in [2.24, 2.45) is 7.05 Å². The number of carbonyl (C=O) groups excluding carboxylic acids is 1. The van der Waals surface area contributed by atoms with Crippen LogP contribution in [0.3, 0.4) is 0 Å². The Kier molecular flexibility index (Phi) is 3.87. The number of benzene rings is 1.